The van der Waals surface area contributed by atoms with Crippen molar-refractivity contribution in [1.82, 2.24) is 0 Å². The molecule has 98 valence electrons. The lowest BCUT2D eigenvalue weighted by Crippen LogP contribution is -2.14. The summed E-state index contributed by atoms with van der Waals surface area (Å²) in [5.41, 5.74) is 0.0751. The number of nitrogens with one attached hydrogen (secondary N) is 1. The van der Waals surface area contributed by atoms with E-state index in [-0.39, 0.29) is 20.7 Å². The van der Waals surface area contributed by atoms with E-state index in [1.165, 1.54) is 18.2 Å². The monoisotopic (exact) mass is 345 g/mol. The van der Waals surface area contributed by atoms with Gasteiger partial charge in [-0.3, -0.25) is 4.79 Å². The number of hydrogen-bond donors (Lipinski definition) is 1. The fourth-order valence-corrected chi connectivity index (χ4v) is 2.39. The van der Waals surface area contributed by atoms with Crippen molar-refractivity contribution in [2.24, 2.45) is 0 Å². The molecule has 0 aliphatic carbocycles. The van der Waals surface area contributed by atoms with Crippen LogP contribution in [0.3, 0.4) is 0 Å². The standard InChI is InChI=1S/C13H7BrClF2NO/c14-9-5-7(16)6-10(15)12(9)18-13(19)8-3-1-2-4-11(8)17/h1-6H,(H,18,19). The molecule has 0 aromatic heterocycles. The molecule has 2 aromatic carbocycles. The molecule has 0 aliphatic rings. The van der Waals surface area contributed by atoms with Crippen LogP contribution in [0.15, 0.2) is 40.9 Å². The Morgan fingerprint density at radius 2 is 1.89 bits per heavy atom. The number of benzene rings is 2. The molecule has 0 saturated heterocycles. The molecular weight excluding hydrogens is 340 g/mol. The van der Waals surface area contributed by atoms with Crippen molar-refractivity contribution in [2.45, 2.75) is 0 Å². The number of carbonyl (C=O) groups is 1. The van der Waals surface area contributed by atoms with Crippen LogP contribution in [0.1, 0.15) is 10.4 Å². The molecule has 0 bridgehead atoms. The highest BCUT2D eigenvalue weighted by atomic mass is 79.9. The van der Waals surface area contributed by atoms with Crippen LogP contribution in [0, 0.1) is 11.6 Å². The van der Waals surface area contributed by atoms with Gasteiger partial charge in [0, 0.05) is 4.47 Å². The Morgan fingerprint density at radius 3 is 2.53 bits per heavy atom. The number of carbonyl (C=O) groups excluding carboxylic acids is 1. The van der Waals surface area contributed by atoms with E-state index in [0.29, 0.717) is 0 Å². The molecule has 1 N–H and O–H groups in total. The fraction of sp³-hybridized carbons (Fsp3) is 0. The predicted molar refractivity (Wildman–Crippen MR) is 73.5 cm³/mol. The van der Waals surface area contributed by atoms with Crippen molar-refractivity contribution in [3.8, 4) is 0 Å². The minimum atomic E-state index is -0.660. The van der Waals surface area contributed by atoms with Crippen molar-refractivity contribution in [1.29, 1.82) is 0 Å². The Balaban J connectivity index is 2.32. The SMILES string of the molecule is O=C(Nc1c(Cl)cc(F)cc1Br)c1ccccc1F. The van der Waals surface area contributed by atoms with Crippen molar-refractivity contribution in [2.75, 3.05) is 5.32 Å². The van der Waals surface area contributed by atoms with Gasteiger partial charge in [0.1, 0.15) is 11.6 Å². The molecule has 0 radical (unpaired) electrons. The Kier molecular flexibility index (Phi) is 4.17. The highest BCUT2D eigenvalue weighted by molar-refractivity contribution is 9.10. The summed E-state index contributed by atoms with van der Waals surface area (Å²) in [5.74, 6) is -1.84. The summed E-state index contributed by atoms with van der Waals surface area (Å²) in [6.07, 6.45) is 0. The maximum atomic E-state index is 13.4. The van der Waals surface area contributed by atoms with E-state index >= 15 is 0 Å². The molecular formula is C13H7BrClF2NO. The molecule has 2 rings (SSSR count). The summed E-state index contributed by atoms with van der Waals surface area (Å²) in [5, 5.41) is 2.46. The van der Waals surface area contributed by atoms with Crippen LogP contribution in [-0.4, -0.2) is 5.91 Å². The van der Waals surface area contributed by atoms with E-state index < -0.39 is 17.5 Å². The van der Waals surface area contributed by atoms with Gasteiger partial charge < -0.3 is 5.32 Å². The van der Waals surface area contributed by atoms with Crippen molar-refractivity contribution >= 4 is 39.1 Å². The maximum absolute atomic E-state index is 13.4. The molecule has 6 heteroatoms. The van der Waals surface area contributed by atoms with Crippen molar-refractivity contribution < 1.29 is 13.6 Å². The second kappa shape index (κ2) is 5.67. The van der Waals surface area contributed by atoms with Gasteiger partial charge in [-0.25, -0.2) is 8.78 Å². The minimum absolute atomic E-state index is 0.0246. The normalized spacial score (nSPS) is 10.3. The first kappa shape index (κ1) is 14.0. The van der Waals surface area contributed by atoms with Gasteiger partial charge in [0.15, 0.2) is 0 Å². The second-order valence-corrected chi connectivity index (χ2v) is 4.94. The number of rotatable bonds is 2. The molecule has 0 atom stereocenters. The van der Waals surface area contributed by atoms with Crippen molar-refractivity contribution in [3.63, 3.8) is 0 Å². The fourth-order valence-electron chi connectivity index (χ4n) is 1.49. The lowest BCUT2D eigenvalue weighted by atomic mass is 10.2. The lowest BCUT2D eigenvalue weighted by Gasteiger charge is -2.10. The van der Waals surface area contributed by atoms with E-state index in [4.69, 9.17) is 11.6 Å². The summed E-state index contributed by atoms with van der Waals surface area (Å²) in [6, 6.07) is 7.75. The van der Waals surface area contributed by atoms with Gasteiger partial charge in [-0.1, -0.05) is 23.7 Å². The Labute approximate surface area is 121 Å². The first-order valence-electron chi connectivity index (χ1n) is 5.19. The Bertz CT molecular complexity index is 625. The Hall–Kier alpha value is -1.46. The molecule has 0 saturated carbocycles. The first-order chi connectivity index (χ1) is 8.99. The first-order valence-corrected chi connectivity index (χ1v) is 6.36. The zero-order valence-electron chi connectivity index (χ0n) is 9.38. The maximum Gasteiger partial charge on any atom is 0.258 e. The van der Waals surface area contributed by atoms with Crippen molar-refractivity contribution in [3.05, 3.63) is 63.1 Å². The molecule has 19 heavy (non-hydrogen) atoms. The zero-order chi connectivity index (χ0) is 14.0. The molecule has 2 nitrogen and oxygen atoms in total. The molecule has 0 fully saturated rings. The van der Waals surface area contributed by atoms with E-state index in [1.54, 1.807) is 6.07 Å². The minimum Gasteiger partial charge on any atom is -0.320 e. The molecule has 0 unspecified atom stereocenters. The highest BCUT2D eigenvalue weighted by Gasteiger charge is 2.15. The van der Waals surface area contributed by atoms with Crippen LogP contribution in [0.2, 0.25) is 5.02 Å². The third-order valence-corrected chi connectivity index (χ3v) is 3.29. The van der Waals surface area contributed by atoms with Gasteiger partial charge >= 0.3 is 0 Å². The van der Waals surface area contributed by atoms with Crippen LogP contribution in [-0.2, 0) is 0 Å². The third-order valence-electron chi connectivity index (χ3n) is 2.36. The number of anilines is 1. The molecule has 0 heterocycles. The second-order valence-electron chi connectivity index (χ2n) is 3.68. The highest BCUT2D eigenvalue weighted by Crippen LogP contribution is 2.32. The summed E-state index contributed by atoms with van der Waals surface area (Å²) in [7, 11) is 0. The number of amides is 1. The van der Waals surface area contributed by atoms with Gasteiger partial charge in [0.25, 0.3) is 5.91 Å². The number of halogens is 4. The summed E-state index contributed by atoms with van der Waals surface area (Å²) in [4.78, 5) is 11.9. The lowest BCUT2D eigenvalue weighted by molar-refractivity contribution is 0.102. The van der Waals surface area contributed by atoms with E-state index in [0.717, 1.165) is 12.1 Å². The van der Waals surface area contributed by atoms with Gasteiger partial charge in [-0.2, -0.15) is 0 Å². The average molecular weight is 347 g/mol. The predicted octanol–water partition coefficient (Wildman–Crippen LogP) is 4.63. The van der Waals surface area contributed by atoms with Crippen LogP contribution < -0.4 is 5.32 Å². The Morgan fingerprint density at radius 1 is 1.21 bits per heavy atom. The largest absolute Gasteiger partial charge is 0.320 e. The van der Waals surface area contributed by atoms with Gasteiger partial charge in [0.05, 0.1) is 16.3 Å². The van der Waals surface area contributed by atoms with Gasteiger partial charge in [-0.05, 0) is 40.2 Å². The number of hydrogen-bond acceptors (Lipinski definition) is 1. The smallest absolute Gasteiger partial charge is 0.258 e. The molecule has 0 aliphatic heterocycles. The van der Waals surface area contributed by atoms with Crippen LogP contribution in [0.4, 0.5) is 14.5 Å². The third kappa shape index (κ3) is 3.11. The van der Waals surface area contributed by atoms with Crippen LogP contribution >= 0.6 is 27.5 Å². The summed E-state index contributed by atoms with van der Waals surface area (Å²) < 4.78 is 26.8. The van der Waals surface area contributed by atoms with Gasteiger partial charge in [0.2, 0.25) is 0 Å². The van der Waals surface area contributed by atoms with E-state index in [9.17, 15) is 13.6 Å². The summed E-state index contributed by atoms with van der Waals surface area (Å²) in [6.45, 7) is 0. The van der Waals surface area contributed by atoms with Gasteiger partial charge in [-0.15, -0.1) is 0 Å². The van der Waals surface area contributed by atoms with E-state index in [2.05, 4.69) is 21.2 Å². The topological polar surface area (TPSA) is 29.1 Å². The average Bonchev–Trinajstić information content (AvgIpc) is 2.34. The molecule has 1 amide bonds. The molecule has 0 spiro atoms. The summed E-state index contributed by atoms with van der Waals surface area (Å²) >= 11 is 8.91. The quantitative estimate of drug-likeness (QED) is 0.844. The van der Waals surface area contributed by atoms with Crippen LogP contribution in [0.25, 0.3) is 0 Å². The zero-order valence-corrected chi connectivity index (χ0v) is 11.7. The van der Waals surface area contributed by atoms with E-state index in [1.807, 2.05) is 0 Å². The van der Waals surface area contributed by atoms with Crippen LogP contribution in [0.5, 0.6) is 0 Å². The molecule has 2 aromatic rings.